The Bertz CT molecular complexity index is 590. The molecule has 2 heterocycles. The Labute approximate surface area is 106 Å². The van der Waals surface area contributed by atoms with Gasteiger partial charge in [0.1, 0.15) is 5.54 Å². The van der Waals surface area contributed by atoms with Gasteiger partial charge in [-0.3, -0.25) is 4.84 Å². The van der Waals surface area contributed by atoms with Gasteiger partial charge in [-0.2, -0.15) is 5.48 Å². The van der Waals surface area contributed by atoms with Crippen LogP contribution in [-0.4, -0.2) is 6.61 Å². The molecule has 0 amide bonds. The van der Waals surface area contributed by atoms with Crippen molar-refractivity contribution in [3.8, 4) is 0 Å². The van der Waals surface area contributed by atoms with Crippen LogP contribution in [0.25, 0.3) is 0 Å². The summed E-state index contributed by atoms with van der Waals surface area (Å²) < 4.78 is 0. The number of para-hydroxylation sites is 1. The summed E-state index contributed by atoms with van der Waals surface area (Å²) >= 11 is 0. The molecule has 0 aromatic heterocycles. The molecule has 3 nitrogen and oxygen atoms in total. The fourth-order valence-electron chi connectivity index (χ4n) is 3.14. The molecule has 1 aliphatic carbocycles. The van der Waals surface area contributed by atoms with Gasteiger partial charge in [0.25, 0.3) is 0 Å². The van der Waals surface area contributed by atoms with Crippen LogP contribution in [0.1, 0.15) is 5.56 Å². The normalized spacial score (nSPS) is 35.3. The number of allylic oxidation sites excluding steroid dienone is 2. The van der Waals surface area contributed by atoms with Crippen molar-refractivity contribution >= 4 is 5.69 Å². The van der Waals surface area contributed by atoms with Crippen LogP contribution in [0.4, 0.5) is 5.69 Å². The van der Waals surface area contributed by atoms with Crippen LogP contribution >= 0.6 is 0 Å². The number of fused-ring (bicyclic) bond motifs is 1. The molecule has 0 radical (unpaired) electrons. The minimum Gasteiger partial charge on any atom is -0.362 e. The Morgan fingerprint density at radius 1 is 1.06 bits per heavy atom. The highest BCUT2D eigenvalue weighted by Gasteiger charge is 2.55. The first kappa shape index (κ1) is 10.1. The van der Waals surface area contributed by atoms with Crippen LogP contribution in [0.3, 0.4) is 0 Å². The number of anilines is 1. The molecule has 90 valence electrons. The molecule has 1 aromatic carbocycles. The third kappa shape index (κ3) is 1.06. The molecular weight excluding hydrogens is 224 g/mol. The van der Waals surface area contributed by atoms with E-state index in [1.807, 2.05) is 12.3 Å². The first-order valence-corrected chi connectivity index (χ1v) is 6.16. The van der Waals surface area contributed by atoms with Crippen molar-refractivity contribution in [3.05, 3.63) is 66.4 Å². The molecule has 0 saturated carbocycles. The molecule has 1 aromatic rings. The van der Waals surface area contributed by atoms with Gasteiger partial charge in [0.05, 0.1) is 12.0 Å². The average Bonchev–Trinajstić information content (AvgIpc) is 2.73. The lowest BCUT2D eigenvalue weighted by molar-refractivity contribution is 0.0725. The molecule has 18 heavy (non-hydrogen) atoms. The first-order valence-electron chi connectivity index (χ1n) is 6.16. The number of hydrogen-bond donors (Lipinski definition) is 2. The van der Waals surface area contributed by atoms with E-state index in [2.05, 4.69) is 59.4 Å². The number of nitrogens with one attached hydrogen (secondary N) is 2. The van der Waals surface area contributed by atoms with Crippen molar-refractivity contribution in [1.29, 1.82) is 0 Å². The van der Waals surface area contributed by atoms with E-state index >= 15 is 0 Å². The van der Waals surface area contributed by atoms with Gasteiger partial charge in [-0.05, 0) is 12.3 Å². The minimum absolute atomic E-state index is 0.151. The minimum atomic E-state index is -0.307. The van der Waals surface area contributed by atoms with E-state index in [1.54, 1.807) is 0 Å². The molecule has 1 saturated heterocycles. The lowest BCUT2D eigenvalue weighted by Gasteiger charge is -2.39. The van der Waals surface area contributed by atoms with Gasteiger partial charge < -0.3 is 5.32 Å². The summed E-state index contributed by atoms with van der Waals surface area (Å²) in [5.41, 5.74) is 5.11. The zero-order valence-corrected chi connectivity index (χ0v) is 9.89. The Morgan fingerprint density at radius 3 is 2.94 bits per heavy atom. The summed E-state index contributed by atoms with van der Waals surface area (Å²) in [7, 11) is 0. The molecule has 3 heteroatoms. The molecule has 2 aliphatic heterocycles. The zero-order valence-electron chi connectivity index (χ0n) is 9.89. The van der Waals surface area contributed by atoms with E-state index in [0.29, 0.717) is 6.61 Å². The molecular formula is C15H14N2O. The smallest absolute Gasteiger partial charge is 0.103 e. The molecule has 3 aliphatic rings. The second kappa shape index (κ2) is 3.34. The Hall–Kier alpha value is -1.84. The average molecular weight is 238 g/mol. The Kier molecular flexibility index (Phi) is 1.88. The fourth-order valence-corrected chi connectivity index (χ4v) is 3.14. The molecule has 2 unspecified atom stereocenters. The summed E-state index contributed by atoms with van der Waals surface area (Å²) in [4.78, 5) is 5.60. The molecule has 1 fully saturated rings. The molecule has 0 spiro atoms. The van der Waals surface area contributed by atoms with E-state index < -0.39 is 0 Å². The second-order valence-electron chi connectivity index (χ2n) is 4.98. The highest BCUT2D eigenvalue weighted by molar-refractivity contribution is 5.62. The van der Waals surface area contributed by atoms with Gasteiger partial charge in [0, 0.05) is 11.3 Å². The maximum atomic E-state index is 5.60. The van der Waals surface area contributed by atoms with Crippen LogP contribution in [0.2, 0.25) is 0 Å². The summed E-state index contributed by atoms with van der Waals surface area (Å²) in [6.45, 7) is 0.639. The van der Waals surface area contributed by atoms with E-state index in [4.69, 9.17) is 4.84 Å². The van der Waals surface area contributed by atoms with Gasteiger partial charge in [0.15, 0.2) is 0 Å². The van der Waals surface area contributed by atoms with Gasteiger partial charge >= 0.3 is 0 Å². The van der Waals surface area contributed by atoms with Crippen LogP contribution in [-0.2, 0) is 10.4 Å². The lowest BCUT2D eigenvalue weighted by atomic mass is 9.65. The van der Waals surface area contributed by atoms with E-state index in [1.165, 1.54) is 5.56 Å². The van der Waals surface area contributed by atoms with Gasteiger partial charge in [-0.15, -0.1) is 0 Å². The lowest BCUT2D eigenvalue weighted by Crippen LogP contribution is -2.46. The summed E-state index contributed by atoms with van der Waals surface area (Å²) in [5.74, 6) is 0. The molecule has 2 N–H and O–H groups in total. The van der Waals surface area contributed by atoms with Gasteiger partial charge in [-0.1, -0.05) is 48.6 Å². The number of hydrogen-bond acceptors (Lipinski definition) is 3. The summed E-state index contributed by atoms with van der Waals surface area (Å²) in [6, 6.07) is 8.35. The fraction of sp³-hybridized carbons (Fsp3) is 0.200. The third-order valence-corrected chi connectivity index (χ3v) is 4.10. The molecule has 0 bridgehead atoms. The van der Waals surface area contributed by atoms with E-state index in [0.717, 1.165) is 5.69 Å². The highest BCUT2D eigenvalue weighted by atomic mass is 16.7. The van der Waals surface area contributed by atoms with Gasteiger partial charge in [-0.25, -0.2) is 0 Å². The van der Waals surface area contributed by atoms with Crippen LogP contribution in [0, 0.1) is 5.41 Å². The van der Waals surface area contributed by atoms with Crippen molar-refractivity contribution in [2.45, 2.75) is 5.54 Å². The SMILES string of the molecule is C1=CC23C=CNc4ccccc4C2(C=C1)NOC3. The topological polar surface area (TPSA) is 33.3 Å². The number of benzene rings is 1. The standard InChI is InChI=1S/C15H14N2O/c1-2-6-13-12(5-1)15-8-4-3-7-14(15,9-10-16-13)11-18-17-15/h1-10,16-17H,11H2. The number of rotatable bonds is 0. The van der Waals surface area contributed by atoms with Crippen molar-refractivity contribution in [1.82, 2.24) is 5.48 Å². The predicted molar refractivity (Wildman–Crippen MR) is 70.7 cm³/mol. The van der Waals surface area contributed by atoms with Crippen LogP contribution in [0.5, 0.6) is 0 Å². The maximum absolute atomic E-state index is 5.60. The zero-order chi connectivity index (χ0) is 12.1. The summed E-state index contributed by atoms with van der Waals surface area (Å²) in [5, 5.41) is 3.36. The Balaban J connectivity index is 2.05. The van der Waals surface area contributed by atoms with Crippen molar-refractivity contribution in [3.63, 3.8) is 0 Å². The quantitative estimate of drug-likeness (QED) is 0.728. The first-order chi connectivity index (χ1) is 8.86. The number of hydroxylamine groups is 1. The largest absolute Gasteiger partial charge is 0.362 e. The third-order valence-electron chi connectivity index (χ3n) is 4.10. The second-order valence-corrected chi connectivity index (χ2v) is 4.98. The highest BCUT2D eigenvalue weighted by Crippen LogP contribution is 2.52. The van der Waals surface area contributed by atoms with Crippen LogP contribution in [0.15, 0.2) is 60.8 Å². The van der Waals surface area contributed by atoms with Crippen LogP contribution < -0.4 is 10.8 Å². The van der Waals surface area contributed by atoms with E-state index in [-0.39, 0.29) is 11.0 Å². The Morgan fingerprint density at radius 2 is 1.94 bits per heavy atom. The molecule has 2 atom stereocenters. The molecule has 4 rings (SSSR count). The summed E-state index contributed by atoms with van der Waals surface area (Å²) in [6.07, 6.45) is 12.8. The van der Waals surface area contributed by atoms with Crippen molar-refractivity contribution in [2.75, 3.05) is 11.9 Å². The van der Waals surface area contributed by atoms with Gasteiger partial charge in [0.2, 0.25) is 0 Å². The van der Waals surface area contributed by atoms with E-state index in [9.17, 15) is 0 Å². The van der Waals surface area contributed by atoms with Crippen molar-refractivity contribution < 1.29 is 4.84 Å². The monoisotopic (exact) mass is 238 g/mol. The van der Waals surface area contributed by atoms with Crippen molar-refractivity contribution in [2.24, 2.45) is 5.41 Å². The predicted octanol–water partition coefficient (Wildman–Crippen LogP) is 2.47. The maximum Gasteiger partial charge on any atom is 0.103 e.